The molecule has 0 bridgehead atoms. The van der Waals surface area contributed by atoms with Crippen molar-refractivity contribution >= 4 is 44.8 Å². The van der Waals surface area contributed by atoms with E-state index in [4.69, 9.17) is 16.3 Å². The van der Waals surface area contributed by atoms with Crippen molar-refractivity contribution in [3.8, 4) is 5.75 Å². The third-order valence-electron chi connectivity index (χ3n) is 6.03. The molecule has 206 valence electrons. The number of nitrogens with one attached hydrogen (secondary N) is 2. The summed E-state index contributed by atoms with van der Waals surface area (Å²) in [5.74, 6) is -0.641. The predicted octanol–water partition coefficient (Wildman–Crippen LogP) is 5.16. The summed E-state index contributed by atoms with van der Waals surface area (Å²) < 4.78 is 33.4. The van der Waals surface area contributed by atoms with E-state index in [9.17, 15) is 18.0 Å². The third-order valence-corrected chi connectivity index (χ3v) is 8.11. The normalized spacial score (nSPS) is 10.9. The minimum absolute atomic E-state index is 0.00735. The summed E-state index contributed by atoms with van der Waals surface area (Å²) in [6, 6.07) is 28.5. The first-order valence-corrected chi connectivity index (χ1v) is 14.2. The number of halogens is 1. The molecular formula is C30H28ClN3O5S. The zero-order chi connectivity index (χ0) is 28.5. The Morgan fingerprint density at radius 1 is 0.875 bits per heavy atom. The Morgan fingerprint density at radius 2 is 1.52 bits per heavy atom. The number of carbonyl (C=O) groups is 2. The van der Waals surface area contributed by atoms with Crippen molar-refractivity contribution in [2.24, 2.45) is 0 Å². The van der Waals surface area contributed by atoms with Crippen molar-refractivity contribution in [2.75, 3.05) is 29.8 Å². The molecule has 0 saturated carbocycles. The van der Waals surface area contributed by atoms with Crippen LogP contribution in [0.15, 0.2) is 108 Å². The Kier molecular flexibility index (Phi) is 9.42. The standard InChI is InChI=1S/C30H28ClN3O5S/c1-39-28-17-16-23(20-26(28)31)34(40(37,38)24-12-6-3-7-13-24)21-29(35)33-27-15-9-8-14-25(27)30(36)32-19-18-22-10-4-2-5-11-22/h2-17,20H,18-19,21H2,1H3,(H,32,36)(H,33,35). The van der Waals surface area contributed by atoms with Gasteiger partial charge in [0.25, 0.3) is 15.9 Å². The third kappa shape index (κ3) is 6.99. The fourth-order valence-corrected chi connectivity index (χ4v) is 5.70. The van der Waals surface area contributed by atoms with Crippen LogP contribution in [-0.2, 0) is 21.2 Å². The molecule has 0 radical (unpaired) electrons. The molecule has 0 aliphatic rings. The molecule has 0 heterocycles. The average Bonchev–Trinajstić information content (AvgIpc) is 2.97. The minimum atomic E-state index is -4.15. The zero-order valence-electron chi connectivity index (χ0n) is 21.7. The monoisotopic (exact) mass is 577 g/mol. The average molecular weight is 578 g/mol. The first-order chi connectivity index (χ1) is 19.3. The highest BCUT2D eigenvalue weighted by molar-refractivity contribution is 7.92. The highest BCUT2D eigenvalue weighted by Gasteiger charge is 2.28. The van der Waals surface area contributed by atoms with Crippen LogP contribution in [0.25, 0.3) is 0 Å². The van der Waals surface area contributed by atoms with E-state index in [-0.39, 0.29) is 32.8 Å². The van der Waals surface area contributed by atoms with Crippen molar-refractivity contribution in [3.63, 3.8) is 0 Å². The number of amides is 2. The SMILES string of the molecule is COc1ccc(N(CC(=O)Nc2ccccc2C(=O)NCCc2ccccc2)S(=O)(=O)c2ccccc2)cc1Cl. The van der Waals surface area contributed by atoms with Crippen LogP contribution in [0.5, 0.6) is 5.75 Å². The molecule has 0 aromatic heterocycles. The zero-order valence-corrected chi connectivity index (χ0v) is 23.3. The maximum atomic E-state index is 13.6. The van der Waals surface area contributed by atoms with Crippen LogP contribution < -0.4 is 19.7 Å². The Morgan fingerprint density at radius 3 is 2.20 bits per heavy atom. The van der Waals surface area contributed by atoms with Gasteiger partial charge in [0.05, 0.1) is 34.0 Å². The maximum absolute atomic E-state index is 13.6. The van der Waals surface area contributed by atoms with Crippen LogP contribution in [0.2, 0.25) is 5.02 Å². The number of sulfonamides is 1. The summed E-state index contributed by atoms with van der Waals surface area (Å²) in [6.45, 7) is -0.156. The molecule has 0 fully saturated rings. The van der Waals surface area contributed by atoms with Crippen LogP contribution in [0.4, 0.5) is 11.4 Å². The Balaban J connectivity index is 1.54. The topological polar surface area (TPSA) is 105 Å². The smallest absolute Gasteiger partial charge is 0.264 e. The van der Waals surface area contributed by atoms with Crippen molar-refractivity contribution in [2.45, 2.75) is 11.3 Å². The lowest BCUT2D eigenvalue weighted by Crippen LogP contribution is -2.38. The van der Waals surface area contributed by atoms with Crippen LogP contribution in [0, 0.1) is 0 Å². The Labute approximate surface area is 238 Å². The highest BCUT2D eigenvalue weighted by atomic mass is 35.5. The molecule has 10 heteroatoms. The van der Waals surface area contributed by atoms with E-state index in [1.807, 2.05) is 30.3 Å². The number of ether oxygens (including phenoxy) is 1. The summed E-state index contributed by atoms with van der Waals surface area (Å²) >= 11 is 6.28. The molecule has 2 N–H and O–H groups in total. The second-order valence-corrected chi connectivity index (χ2v) is 11.0. The lowest BCUT2D eigenvalue weighted by Gasteiger charge is -2.25. The van der Waals surface area contributed by atoms with Gasteiger partial charge in [0.15, 0.2) is 0 Å². The molecule has 2 amide bonds. The number of nitrogens with zero attached hydrogens (tertiary/aromatic N) is 1. The second kappa shape index (κ2) is 13.1. The molecule has 40 heavy (non-hydrogen) atoms. The lowest BCUT2D eigenvalue weighted by atomic mass is 10.1. The predicted molar refractivity (Wildman–Crippen MR) is 157 cm³/mol. The summed E-state index contributed by atoms with van der Waals surface area (Å²) in [5, 5.41) is 5.75. The van der Waals surface area contributed by atoms with Gasteiger partial charge in [-0.05, 0) is 54.4 Å². The Bertz CT molecular complexity index is 1580. The van der Waals surface area contributed by atoms with Gasteiger partial charge in [-0.1, -0.05) is 72.3 Å². The second-order valence-electron chi connectivity index (χ2n) is 8.73. The number of hydrogen-bond donors (Lipinski definition) is 2. The number of rotatable bonds is 11. The van der Waals surface area contributed by atoms with Crippen LogP contribution in [0.3, 0.4) is 0 Å². The summed E-state index contributed by atoms with van der Waals surface area (Å²) in [4.78, 5) is 26.2. The van der Waals surface area contributed by atoms with Gasteiger partial charge in [-0.2, -0.15) is 0 Å². The van der Waals surface area contributed by atoms with Gasteiger partial charge in [0.1, 0.15) is 12.3 Å². The number of carbonyl (C=O) groups excluding carboxylic acids is 2. The maximum Gasteiger partial charge on any atom is 0.264 e. The molecule has 0 aliphatic heterocycles. The van der Waals surface area contributed by atoms with Gasteiger partial charge in [-0.15, -0.1) is 0 Å². The van der Waals surface area contributed by atoms with Gasteiger partial charge in [0, 0.05) is 6.54 Å². The van der Waals surface area contributed by atoms with E-state index < -0.39 is 22.5 Å². The van der Waals surface area contributed by atoms with E-state index >= 15 is 0 Å². The largest absolute Gasteiger partial charge is 0.495 e. The summed E-state index contributed by atoms with van der Waals surface area (Å²) in [7, 11) is -2.70. The number of para-hydroxylation sites is 1. The molecule has 4 rings (SSSR count). The van der Waals surface area contributed by atoms with Crippen molar-refractivity contribution in [3.05, 3.63) is 119 Å². The van der Waals surface area contributed by atoms with Gasteiger partial charge < -0.3 is 15.4 Å². The molecular weight excluding hydrogens is 550 g/mol. The van der Waals surface area contributed by atoms with Gasteiger partial charge >= 0.3 is 0 Å². The fourth-order valence-electron chi connectivity index (χ4n) is 4.02. The first kappa shape index (κ1) is 28.7. The van der Waals surface area contributed by atoms with Crippen LogP contribution in [-0.4, -0.2) is 40.4 Å². The van der Waals surface area contributed by atoms with Crippen molar-refractivity contribution in [1.29, 1.82) is 0 Å². The van der Waals surface area contributed by atoms with Gasteiger partial charge in [0.2, 0.25) is 5.91 Å². The molecule has 0 aliphatic carbocycles. The first-order valence-electron chi connectivity index (χ1n) is 12.4. The molecule has 0 spiro atoms. The van der Waals surface area contributed by atoms with E-state index in [0.717, 1.165) is 9.87 Å². The van der Waals surface area contributed by atoms with E-state index in [1.165, 1.54) is 37.4 Å². The lowest BCUT2D eigenvalue weighted by molar-refractivity contribution is -0.114. The molecule has 0 atom stereocenters. The van der Waals surface area contributed by atoms with E-state index in [0.29, 0.717) is 18.7 Å². The summed E-state index contributed by atoms with van der Waals surface area (Å²) in [6.07, 6.45) is 0.651. The number of benzene rings is 4. The highest BCUT2D eigenvalue weighted by Crippen LogP contribution is 2.32. The van der Waals surface area contributed by atoms with Gasteiger partial charge in [-0.3, -0.25) is 13.9 Å². The minimum Gasteiger partial charge on any atom is -0.495 e. The molecule has 4 aromatic rings. The molecule has 8 nitrogen and oxygen atoms in total. The van der Waals surface area contributed by atoms with E-state index in [1.54, 1.807) is 42.5 Å². The molecule has 0 saturated heterocycles. The Hall–Kier alpha value is -4.34. The summed E-state index contributed by atoms with van der Waals surface area (Å²) in [5.41, 5.74) is 1.78. The number of anilines is 2. The van der Waals surface area contributed by atoms with E-state index in [2.05, 4.69) is 10.6 Å². The van der Waals surface area contributed by atoms with Crippen LogP contribution in [0.1, 0.15) is 15.9 Å². The van der Waals surface area contributed by atoms with Gasteiger partial charge in [-0.25, -0.2) is 8.42 Å². The number of hydrogen-bond acceptors (Lipinski definition) is 5. The fraction of sp³-hybridized carbons (Fsp3) is 0.133. The quantitative estimate of drug-likeness (QED) is 0.256. The number of methoxy groups -OCH3 is 1. The van der Waals surface area contributed by atoms with Crippen molar-refractivity contribution < 1.29 is 22.7 Å². The van der Waals surface area contributed by atoms with Crippen LogP contribution >= 0.6 is 11.6 Å². The molecule has 4 aromatic carbocycles. The molecule has 0 unspecified atom stereocenters. The van der Waals surface area contributed by atoms with Crippen molar-refractivity contribution in [1.82, 2.24) is 5.32 Å².